The number of aromatic nitrogens is 1. The molecule has 2 unspecified atom stereocenters. The van der Waals surface area contributed by atoms with Crippen LogP contribution in [0.15, 0.2) is 18.5 Å². The highest BCUT2D eigenvalue weighted by Gasteiger charge is 2.19. The molecule has 1 aromatic rings. The summed E-state index contributed by atoms with van der Waals surface area (Å²) in [6.45, 7) is 4.29. The maximum absolute atomic E-state index is 10.3. The van der Waals surface area contributed by atoms with Crippen LogP contribution in [0.3, 0.4) is 0 Å². The van der Waals surface area contributed by atoms with Crippen LogP contribution in [0, 0.1) is 5.92 Å². The number of nitrogens with zero attached hydrogens (tertiary/aromatic N) is 1. The summed E-state index contributed by atoms with van der Waals surface area (Å²) < 4.78 is 5.13. The predicted octanol–water partition coefficient (Wildman–Crippen LogP) is 3.34. The molecule has 0 aliphatic rings. The molecule has 0 aliphatic heterocycles. The average Bonchev–Trinajstić information content (AvgIpc) is 2.39. The number of methoxy groups -OCH3 is 1. The van der Waals surface area contributed by atoms with Gasteiger partial charge in [0, 0.05) is 11.8 Å². The van der Waals surface area contributed by atoms with Crippen molar-refractivity contribution in [3.05, 3.63) is 24.0 Å². The first-order valence-corrected chi connectivity index (χ1v) is 6.39. The van der Waals surface area contributed by atoms with Crippen molar-refractivity contribution in [1.82, 2.24) is 4.98 Å². The van der Waals surface area contributed by atoms with Crippen LogP contribution in [0.25, 0.3) is 0 Å². The van der Waals surface area contributed by atoms with Gasteiger partial charge in [-0.1, -0.05) is 33.1 Å². The number of hydrogen-bond donors (Lipinski definition) is 1. The van der Waals surface area contributed by atoms with Crippen molar-refractivity contribution < 1.29 is 9.84 Å². The number of ether oxygens (including phenoxy) is 1. The smallest absolute Gasteiger partial charge is 0.137 e. The lowest BCUT2D eigenvalue weighted by Crippen LogP contribution is -2.12. The van der Waals surface area contributed by atoms with Gasteiger partial charge in [0.2, 0.25) is 0 Å². The predicted molar refractivity (Wildman–Crippen MR) is 69.1 cm³/mol. The van der Waals surface area contributed by atoms with E-state index in [4.69, 9.17) is 4.74 Å². The van der Waals surface area contributed by atoms with Crippen molar-refractivity contribution in [2.45, 2.75) is 45.6 Å². The van der Waals surface area contributed by atoms with Crippen LogP contribution in [-0.2, 0) is 0 Å². The van der Waals surface area contributed by atoms with Crippen LogP contribution >= 0.6 is 0 Å². The summed E-state index contributed by atoms with van der Waals surface area (Å²) in [6, 6.07) is 1.87. The van der Waals surface area contributed by atoms with Gasteiger partial charge in [-0.15, -0.1) is 0 Å². The lowest BCUT2D eigenvalue weighted by molar-refractivity contribution is 0.0983. The van der Waals surface area contributed by atoms with Crippen molar-refractivity contribution in [2.24, 2.45) is 5.92 Å². The molecular formula is C14H23NO2. The third kappa shape index (κ3) is 4.00. The molecule has 1 aromatic heterocycles. The van der Waals surface area contributed by atoms with Gasteiger partial charge in [-0.2, -0.15) is 0 Å². The number of aliphatic hydroxyl groups is 1. The van der Waals surface area contributed by atoms with E-state index >= 15 is 0 Å². The molecule has 0 amide bonds. The third-order valence-corrected chi connectivity index (χ3v) is 3.21. The largest absolute Gasteiger partial charge is 0.495 e. The molecule has 0 radical (unpaired) electrons. The summed E-state index contributed by atoms with van der Waals surface area (Å²) in [5.74, 6) is 1.01. The van der Waals surface area contributed by atoms with E-state index in [-0.39, 0.29) is 0 Å². The van der Waals surface area contributed by atoms with Crippen LogP contribution < -0.4 is 4.74 Å². The third-order valence-electron chi connectivity index (χ3n) is 3.21. The van der Waals surface area contributed by atoms with Crippen molar-refractivity contribution >= 4 is 0 Å². The van der Waals surface area contributed by atoms with Gasteiger partial charge in [-0.25, -0.2) is 0 Å². The van der Waals surface area contributed by atoms with Crippen molar-refractivity contribution in [1.29, 1.82) is 0 Å². The van der Waals surface area contributed by atoms with Crippen molar-refractivity contribution in [3.8, 4) is 5.75 Å². The van der Waals surface area contributed by atoms with E-state index in [0.717, 1.165) is 24.8 Å². The molecule has 0 saturated carbocycles. The Morgan fingerprint density at radius 1 is 1.35 bits per heavy atom. The van der Waals surface area contributed by atoms with Crippen molar-refractivity contribution in [2.75, 3.05) is 7.11 Å². The van der Waals surface area contributed by atoms with Gasteiger partial charge in [0.1, 0.15) is 5.75 Å². The van der Waals surface area contributed by atoms with Crippen LogP contribution in [0.4, 0.5) is 0 Å². The quantitative estimate of drug-likeness (QED) is 0.791. The molecule has 2 atom stereocenters. The molecular weight excluding hydrogens is 214 g/mol. The first-order valence-electron chi connectivity index (χ1n) is 6.39. The van der Waals surface area contributed by atoms with E-state index in [0.29, 0.717) is 11.7 Å². The van der Waals surface area contributed by atoms with Gasteiger partial charge in [-0.05, 0) is 18.4 Å². The molecule has 1 heterocycles. The second kappa shape index (κ2) is 7.28. The minimum atomic E-state index is -0.436. The van der Waals surface area contributed by atoms with E-state index in [2.05, 4.69) is 18.8 Å². The molecule has 3 heteroatoms. The van der Waals surface area contributed by atoms with Gasteiger partial charge in [-0.3, -0.25) is 4.98 Å². The zero-order valence-corrected chi connectivity index (χ0v) is 11.0. The average molecular weight is 237 g/mol. The normalized spacial score (nSPS) is 14.4. The van der Waals surface area contributed by atoms with Gasteiger partial charge < -0.3 is 9.84 Å². The highest BCUT2D eigenvalue weighted by molar-refractivity contribution is 5.25. The molecule has 0 aromatic carbocycles. The first kappa shape index (κ1) is 14.0. The molecule has 3 nitrogen and oxygen atoms in total. The van der Waals surface area contributed by atoms with E-state index in [1.807, 2.05) is 6.07 Å². The molecule has 96 valence electrons. The molecule has 17 heavy (non-hydrogen) atoms. The monoisotopic (exact) mass is 237 g/mol. The minimum Gasteiger partial charge on any atom is -0.495 e. The Morgan fingerprint density at radius 2 is 2.12 bits per heavy atom. The summed E-state index contributed by atoms with van der Waals surface area (Å²) in [4.78, 5) is 4.09. The van der Waals surface area contributed by atoms with Crippen LogP contribution in [-0.4, -0.2) is 17.2 Å². The Bertz CT molecular complexity index is 328. The van der Waals surface area contributed by atoms with E-state index < -0.39 is 6.10 Å². The van der Waals surface area contributed by atoms with Crippen LogP contribution in [0.1, 0.15) is 51.2 Å². The van der Waals surface area contributed by atoms with E-state index in [9.17, 15) is 5.11 Å². The second-order valence-electron chi connectivity index (χ2n) is 4.41. The lowest BCUT2D eigenvalue weighted by atomic mass is 9.90. The van der Waals surface area contributed by atoms with Crippen molar-refractivity contribution in [3.63, 3.8) is 0 Å². The van der Waals surface area contributed by atoms with Gasteiger partial charge in [0.25, 0.3) is 0 Å². The minimum absolute atomic E-state index is 0.309. The van der Waals surface area contributed by atoms with Crippen LogP contribution in [0.2, 0.25) is 0 Å². The summed E-state index contributed by atoms with van der Waals surface area (Å²) in [5.41, 5.74) is 0.854. The molecule has 0 bridgehead atoms. The Balaban J connectivity index is 2.74. The fourth-order valence-corrected chi connectivity index (χ4v) is 2.03. The van der Waals surface area contributed by atoms with Gasteiger partial charge in [0.05, 0.1) is 19.4 Å². The molecule has 1 N–H and O–H groups in total. The number of rotatable bonds is 7. The SMILES string of the molecule is CCCCC(CC)C(O)c1cncc(OC)c1. The van der Waals surface area contributed by atoms with Gasteiger partial charge >= 0.3 is 0 Å². The summed E-state index contributed by atoms with van der Waals surface area (Å²) in [7, 11) is 1.61. The maximum atomic E-state index is 10.3. The molecule has 0 aliphatic carbocycles. The molecule has 0 saturated heterocycles. The first-order chi connectivity index (χ1) is 8.22. The number of hydrogen-bond acceptors (Lipinski definition) is 3. The Kier molecular flexibility index (Phi) is 5.98. The summed E-state index contributed by atoms with van der Waals surface area (Å²) >= 11 is 0. The Morgan fingerprint density at radius 3 is 2.71 bits per heavy atom. The maximum Gasteiger partial charge on any atom is 0.137 e. The highest BCUT2D eigenvalue weighted by atomic mass is 16.5. The second-order valence-corrected chi connectivity index (χ2v) is 4.41. The van der Waals surface area contributed by atoms with E-state index in [1.165, 1.54) is 6.42 Å². The number of unbranched alkanes of at least 4 members (excludes halogenated alkanes) is 1. The van der Waals surface area contributed by atoms with Crippen LogP contribution in [0.5, 0.6) is 5.75 Å². The summed E-state index contributed by atoms with van der Waals surface area (Å²) in [5, 5.41) is 10.3. The zero-order valence-electron chi connectivity index (χ0n) is 11.0. The lowest BCUT2D eigenvalue weighted by Gasteiger charge is -2.21. The molecule has 0 fully saturated rings. The number of pyridine rings is 1. The Labute approximate surface area is 104 Å². The Hall–Kier alpha value is -1.09. The standard InChI is InChI=1S/C14H23NO2/c1-4-6-7-11(5-2)14(16)12-8-13(17-3)10-15-9-12/h8-11,14,16H,4-7H2,1-3H3. The molecule has 1 rings (SSSR count). The topological polar surface area (TPSA) is 42.4 Å². The molecule has 0 spiro atoms. The zero-order chi connectivity index (χ0) is 12.7. The van der Waals surface area contributed by atoms with E-state index in [1.54, 1.807) is 19.5 Å². The summed E-state index contributed by atoms with van der Waals surface area (Å²) in [6.07, 6.45) is 7.32. The number of aliphatic hydroxyl groups excluding tert-OH is 1. The highest BCUT2D eigenvalue weighted by Crippen LogP contribution is 2.29. The van der Waals surface area contributed by atoms with Gasteiger partial charge in [0.15, 0.2) is 0 Å². The fourth-order valence-electron chi connectivity index (χ4n) is 2.03. The fraction of sp³-hybridized carbons (Fsp3) is 0.643.